The number of hydrogen-bond acceptors (Lipinski definition) is 2. The van der Waals surface area contributed by atoms with Crippen LogP contribution in [0.25, 0.3) is 0 Å². The molecule has 0 heterocycles. The van der Waals surface area contributed by atoms with E-state index < -0.39 is 6.04 Å². The molecule has 1 aromatic carbocycles. The Morgan fingerprint density at radius 2 is 2.07 bits per heavy atom. The van der Waals surface area contributed by atoms with Crippen molar-refractivity contribution in [2.75, 3.05) is 0 Å². The number of rotatable bonds is 3. The van der Waals surface area contributed by atoms with Crippen LogP contribution < -0.4 is 0 Å². The molecule has 72 valence electrons. The van der Waals surface area contributed by atoms with Gasteiger partial charge in [0.25, 0.3) is 0 Å². The first kappa shape index (κ1) is 10.3. The summed E-state index contributed by atoms with van der Waals surface area (Å²) < 4.78 is 0. The Hall–Kier alpha value is -1.82. The highest BCUT2D eigenvalue weighted by atomic mass is 16.6. The van der Waals surface area contributed by atoms with Crippen LogP contribution in [-0.2, 0) is 0 Å². The summed E-state index contributed by atoms with van der Waals surface area (Å²) in [5.41, 5.74) is 0.709. The fraction of sp³-hybridized carbons (Fsp3) is 0.273. The second-order valence-corrected chi connectivity index (χ2v) is 2.84. The Kier molecular flexibility index (Phi) is 3.69. The van der Waals surface area contributed by atoms with Gasteiger partial charge < -0.3 is 0 Å². The molecule has 1 atom stereocenters. The normalized spacial score (nSPS) is 11.2. The molecule has 0 aromatic heterocycles. The molecule has 1 rings (SSSR count). The Bertz CT molecular complexity index is 362. The molecule has 0 aliphatic heterocycles. The first-order valence-electron chi connectivity index (χ1n) is 4.33. The van der Waals surface area contributed by atoms with Gasteiger partial charge in [-0.2, -0.15) is 0 Å². The molecule has 3 heteroatoms. The molecule has 3 nitrogen and oxygen atoms in total. The molecule has 0 fully saturated rings. The van der Waals surface area contributed by atoms with Gasteiger partial charge in [-0.1, -0.05) is 36.3 Å². The highest BCUT2D eigenvalue weighted by molar-refractivity contribution is 5.19. The van der Waals surface area contributed by atoms with Crippen LogP contribution in [0.5, 0.6) is 0 Å². The number of nitrogens with zero attached hydrogens (tertiary/aromatic N) is 1. The van der Waals surface area contributed by atoms with E-state index in [1.54, 1.807) is 31.2 Å². The third-order valence-corrected chi connectivity index (χ3v) is 1.91. The van der Waals surface area contributed by atoms with Crippen LogP contribution in [-0.4, -0.2) is 4.92 Å². The van der Waals surface area contributed by atoms with Gasteiger partial charge in [-0.25, -0.2) is 0 Å². The predicted octanol–water partition coefficient (Wildman–Crippen LogP) is 2.42. The lowest BCUT2D eigenvalue weighted by atomic mass is 10.1. The minimum atomic E-state index is -0.705. The molecule has 0 N–H and O–H groups in total. The molecule has 1 aromatic rings. The van der Waals surface area contributed by atoms with Crippen molar-refractivity contribution in [2.45, 2.75) is 19.4 Å². The Morgan fingerprint density at radius 3 is 2.57 bits per heavy atom. The smallest absolute Gasteiger partial charge is 0.248 e. The largest absolute Gasteiger partial charge is 0.264 e. The Morgan fingerprint density at radius 1 is 1.43 bits per heavy atom. The van der Waals surface area contributed by atoms with E-state index in [1.165, 1.54) is 0 Å². The lowest BCUT2D eigenvalue weighted by Gasteiger charge is -2.05. The third kappa shape index (κ3) is 2.60. The molecular weight excluding hydrogens is 178 g/mol. The fourth-order valence-corrected chi connectivity index (χ4v) is 1.19. The number of nitro groups is 1. The second kappa shape index (κ2) is 5.03. The summed E-state index contributed by atoms with van der Waals surface area (Å²) in [4.78, 5) is 10.5. The maximum Gasteiger partial charge on any atom is 0.248 e. The van der Waals surface area contributed by atoms with E-state index in [4.69, 9.17) is 0 Å². The molecule has 1 unspecified atom stereocenters. The van der Waals surface area contributed by atoms with Crippen molar-refractivity contribution in [3.8, 4) is 11.8 Å². The lowest BCUT2D eigenvalue weighted by Crippen LogP contribution is -2.09. The van der Waals surface area contributed by atoms with Crippen LogP contribution >= 0.6 is 0 Å². The van der Waals surface area contributed by atoms with E-state index in [-0.39, 0.29) is 11.3 Å². The highest BCUT2D eigenvalue weighted by Gasteiger charge is 2.20. The summed E-state index contributed by atoms with van der Waals surface area (Å²) in [5.74, 6) is 5.40. The summed E-state index contributed by atoms with van der Waals surface area (Å²) in [6.45, 7) is 1.68. The summed E-state index contributed by atoms with van der Waals surface area (Å²) in [6, 6.07) is 8.24. The van der Waals surface area contributed by atoms with E-state index >= 15 is 0 Å². The third-order valence-electron chi connectivity index (χ3n) is 1.91. The summed E-state index contributed by atoms with van der Waals surface area (Å²) in [5, 5.41) is 10.7. The van der Waals surface area contributed by atoms with E-state index in [1.807, 2.05) is 6.07 Å². The van der Waals surface area contributed by atoms with Gasteiger partial charge in [-0.15, -0.1) is 5.92 Å². The van der Waals surface area contributed by atoms with Crippen molar-refractivity contribution in [3.05, 3.63) is 46.0 Å². The molecular formula is C11H11NO2. The zero-order chi connectivity index (χ0) is 10.4. The van der Waals surface area contributed by atoms with Crippen molar-refractivity contribution in [2.24, 2.45) is 0 Å². The monoisotopic (exact) mass is 189 g/mol. The molecule has 0 saturated carbocycles. The van der Waals surface area contributed by atoms with Gasteiger partial charge in [0.2, 0.25) is 6.04 Å². The van der Waals surface area contributed by atoms with Crippen molar-refractivity contribution >= 4 is 0 Å². The average Bonchev–Trinajstić information content (AvgIpc) is 2.19. The topological polar surface area (TPSA) is 43.1 Å². The number of hydrogen-bond donors (Lipinski definition) is 0. The van der Waals surface area contributed by atoms with Gasteiger partial charge >= 0.3 is 0 Å². The summed E-state index contributed by atoms with van der Waals surface area (Å²) in [6.07, 6.45) is 0.271. The molecule has 0 aliphatic carbocycles. The van der Waals surface area contributed by atoms with E-state index in [9.17, 15) is 10.1 Å². The first-order valence-corrected chi connectivity index (χ1v) is 4.33. The van der Waals surface area contributed by atoms with Crippen molar-refractivity contribution < 1.29 is 4.92 Å². The standard InChI is InChI=1S/C11H11NO2/c1-2-3-9-11(12(13)14)10-7-5-4-6-8-10/h4-8,11H,9H2,1H3. The molecule has 0 amide bonds. The maximum absolute atomic E-state index is 10.7. The van der Waals surface area contributed by atoms with Crippen molar-refractivity contribution in [1.29, 1.82) is 0 Å². The van der Waals surface area contributed by atoms with Crippen LogP contribution in [0.3, 0.4) is 0 Å². The Labute approximate surface area is 82.9 Å². The van der Waals surface area contributed by atoms with Gasteiger partial charge in [-0.05, 0) is 6.92 Å². The predicted molar refractivity (Wildman–Crippen MR) is 54.2 cm³/mol. The summed E-state index contributed by atoms with van der Waals surface area (Å²) in [7, 11) is 0. The zero-order valence-corrected chi connectivity index (χ0v) is 7.93. The number of benzene rings is 1. The van der Waals surface area contributed by atoms with Gasteiger partial charge in [0, 0.05) is 10.5 Å². The van der Waals surface area contributed by atoms with Crippen LogP contribution in [0.2, 0.25) is 0 Å². The van der Waals surface area contributed by atoms with Crippen LogP contribution in [0.1, 0.15) is 24.9 Å². The second-order valence-electron chi connectivity index (χ2n) is 2.84. The Balaban J connectivity index is 2.87. The van der Waals surface area contributed by atoms with E-state index in [2.05, 4.69) is 11.8 Å². The van der Waals surface area contributed by atoms with Crippen LogP contribution in [0, 0.1) is 22.0 Å². The van der Waals surface area contributed by atoms with E-state index in [0.717, 1.165) is 0 Å². The van der Waals surface area contributed by atoms with Gasteiger partial charge in [0.15, 0.2) is 0 Å². The quantitative estimate of drug-likeness (QED) is 0.416. The molecule has 0 radical (unpaired) electrons. The van der Waals surface area contributed by atoms with Gasteiger partial charge in [0.1, 0.15) is 0 Å². The van der Waals surface area contributed by atoms with Gasteiger partial charge in [-0.3, -0.25) is 10.1 Å². The fourth-order valence-electron chi connectivity index (χ4n) is 1.19. The SMILES string of the molecule is CC#CCC(c1ccccc1)[N+](=O)[O-]. The van der Waals surface area contributed by atoms with Crippen LogP contribution in [0.4, 0.5) is 0 Å². The van der Waals surface area contributed by atoms with Crippen LogP contribution in [0.15, 0.2) is 30.3 Å². The molecule has 0 spiro atoms. The average molecular weight is 189 g/mol. The summed E-state index contributed by atoms with van der Waals surface area (Å²) >= 11 is 0. The minimum absolute atomic E-state index is 0.271. The zero-order valence-electron chi connectivity index (χ0n) is 7.93. The molecule has 0 saturated heterocycles. The van der Waals surface area contributed by atoms with Crippen molar-refractivity contribution in [1.82, 2.24) is 0 Å². The van der Waals surface area contributed by atoms with E-state index in [0.29, 0.717) is 5.56 Å². The van der Waals surface area contributed by atoms with Crippen molar-refractivity contribution in [3.63, 3.8) is 0 Å². The van der Waals surface area contributed by atoms with Gasteiger partial charge in [0.05, 0.1) is 6.42 Å². The molecule has 0 bridgehead atoms. The highest BCUT2D eigenvalue weighted by Crippen LogP contribution is 2.18. The maximum atomic E-state index is 10.7. The molecule has 0 aliphatic rings. The lowest BCUT2D eigenvalue weighted by molar-refractivity contribution is -0.527. The first-order chi connectivity index (χ1) is 6.75. The molecule has 14 heavy (non-hydrogen) atoms. The minimum Gasteiger partial charge on any atom is -0.264 e.